The molecule has 0 N–H and O–H groups in total. The Morgan fingerprint density at radius 2 is 1.84 bits per heavy atom. The van der Waals surface area contributed by atoms with Crippen molar-refractivity contribution in [2.24, 2.45) is 11.8 Å². The van der Waals surface area contributed by atoms with E-state index in [0.717, 1.165) is 48.7 Å². The van der Waals surface area contributed by atoms with Gasteiger partial charge in [-0.05, 0) is 36.5 Å². The zero-order valence-electron chi connectivity index (χ0n) is 18.9. The van der Waals surface area contributed by atoms with Crippen LogP contribution in [-0.2, 0) is 9.53 Å². The van der Waals surface area contributed by atoms with E-state index in [1.807, 2.05) is 6.07 Å². The Bertz CT molecular complexity index is 992. The number of carbonyl (C=O) groups excluding carboxylic acids is 1. The lowest BCUT2D eigenvalue weighted by Gasteiger charge is -2.26. The summed E-state index contributed by atoms with van der Waals surface area (Å²) in [6.45, 7) is 4.36. The molecule has 0 radical (unpaired) electrons. The van der Waals surface area contributed by atoms with Crippen LogP contribution in [0.15, 0.2) is 30.9 Å². The lowest BCUT2D eigenvalue weighted by atomic mass is 9.88. The maximum absolute atomic E-state index is 12.3. The second kappa shape index (κ2) is 10.9. The Balaban J connectivity index is 1.43. The Labute approximate surface area is 193 Å². The van der Waals surface area contributed by atoms with E-state index in [4.69, 9.17) is 9.47 Å². The number of ether oxygens (including phenoxy) is 2. The number of carbonyl (C=O) groups is 1. The summed E-state index contributed by atoms with van der Waals surface area (Å²) in [5.41, 5.74) is 2.09. The van der Waals surface area contributed by atoms with Crippen LogP contribution in [0.2, 0.25) is 0 Å². The lowest BCUT2D eigenvalue weighted by Crippen LogP contribution is -2.19. The van der Waals surface area contributed by atoms with Crippen molar-refractivity contribution in [1.82, 2.24) is 19.7 Å². The fourth-order valence-electron chi connectivity index (χ4n) is 4.71. The topological polar surface area (TPSA) is 79.1 Å². The zero-order valence-corrected chi connectivity index (χ0v) is 19.7. The van der Waals surface area contributed by atoms with Gasteiger partial charge in [-0.25, -0.2) is 4.98 Å². The molecule has 1 saturated carbocycles. The summed E-state index contributed by atoms with van der Waals surface area (Å²) in [5.74, 6) is 0.353. The van der Waals surface area contributed by atoms with Crippen molar-refractivity contribution in [3.8, 4) is 5.19 Å². The van der Waals surface area contributed by atoms with Crippen LogP contribution in [0.4, 0.5) is 0 Å². The molecule has 2 aromatic heterocycles. The summed E-state index contributed by atoms with van der Waals surface area (Å²) < 4.78 is 14.2. The van der Waals surface area contributed by atoms with Gasteiger partial charge in [-0.15, -0.1) is 10.2 Å². The first-order valence-corrected chi connectivity index (χ1v) is 12.5. The van der Waals surface area contributed by atoms with E-state index in [0.29, 0.717) is 11.1 Å². The lowest BCUT2D eigenvalue weighted by molar-refractivity contribution is -0.155. The van der Waals surface area contributed by atoms with Gasteiger partial charge in [0.2, 0.25) is 6.79 Å². The second-order valence-electron chi connectivity index (χ2n) is 8.55. The summed E-state index contributed by atoms with van der Waals surface area (Å²) in [7, 11) is 0. The standard InChI is InChI=1S/C24H32N4O3S/c1-3-17(4-2)22(28-14-25-26-15-28)19-11-12-20-21(13-19)32-24(27-20)31-16-30-23(29)18-9-7-5-6-8-10-18/h11-15,17-18,22H,3-10,16H2,1-2H3. The molecule has 0 amide bonds. The van der Waals surface area contributed by atoms with Crippen molar-refractivity contribution in [2.75, 3.05) is 6.79 Å². The third kappa shape index (κ3) is 5.28. The first kappa shape index (κ1) is 22.7. The monoisotopic (exact) mass is 456 g/mol. The highest BCUT2D eigenvalue weighted by atomic mass is 32.1. The molecule has 0 bridgehead atoms. The summed E-state index contributed by atoms with van der Waals surface area (Å²) in [6, 6.07) is 6.52. The first-order valence-electron chi connectivity index (χ1n) is 11.7. The quantitative estimate of drug-likeness (QED) is 0.231. The average Bonchev–Trinajstić information content (AvgIpc) is 3.39. The number of aromatic nitrogens is 4. The molecule has 2 heterocycles. The van der Waals surface area contributed by atoms with Crippen LogP contribution in [0, 0.1) is 11.8 Å². The highest BCUT2D eigenvalue weighted by Gasteiger charge is 2.24. The number of esters is 1. The number of fused-ring (bicyclic) bond motifs is 1. The van der Waals surface area contributed by atoms with Crippen molar-refractivity contribution in [2.45, 2.75) is 71.3 Å². The molecular weight excluding hydrogens is 424 g/mol. The molecule has 8 heteroatoms. The van der Waals surface area contributed by atoms with Gasteiger partial charge in [-0.1, -0.05) is 69.8 Å². The minimum atomic E-state index is -0.141. The van der Waals surface area contributed by atoms with E-state index >= 15 is 0 Å². The molecule has 3 aromatic rings. The van der Waals surface area contributed by atoms with Crippen molar-refractivity contribution in [3.05, 3.63) is 36.4 Å². The van der Waals surface area contributed by atoms with Crippen molar-refractivity contribution >= 4 is 27.5 Å². The Hall–Kier alpha value is -2.48. The van der Waals surface area contributed by atoms with Crippen LogP contribution >= 0.6 is 11.3 Å². The van der Waals surface area contributed by atoms with Gasteiger partial charge in [0.05, 0.1) is 22.2 Å². The van der Waals surface area contributed by atoms with E-state index < -0.39 is 0 Å². The van der Waals surface area contributed by atoms with Gasteiger partial charge in [0, 0.05) is 0 Å². The predicted octanol–water partition coefficient (Wildman–Crippen LogP) is 5.76. The van der Waals surface area contributed by atoms with Crippen LogP contribution in [0.1, 0.15) is 76.8 Å². The van der Waals surface area contributed by atoms with Crippen LogP contribution < -0.4 is 4.74 Å². The van der Waals surface area contributed by atoms with Crippen molar-refractivity contribution in [3.63, 3.8) is 0 Å². The second-order valence-corrected chi connectivity index (χ2v) is 9.54. The van der Waals surface area contributed by atoms with Crippen LogP contribution in [-0.4, -0.2) is 32.5 Å². The minimum absolute atomic E-state index is 0.0127. The minimum Gasteiger partial charge on any atom is -0.432 e. The molecule has 7 nitrogen and oxygen atoms in total. The number of rotatable bonds is 9. The Kier molecular flexibility index (Phi) is 7.73. The van der Waals surface area contributed by atoms with Crippen LogP contribution in [0.25, 0.3) is 10.2 Å². The van der Waals surface area contributed by atoms with E-state index in [9.17, 15) is 4.79 Å². The molecule has 32 heavy (non-hydrogen) atoms. The number of nitrogens with zero attached hydrogens (tertiary/aromatic N) is 4. The maximum Gasteiger partial charge on any atom is 0.311 e. The zero-order chi connectivity index (χ0) is 22.3. The molecule has 1 aliphatic carbocycles. The van der Waals surface area contributed by atoms with Gasteiger partial charge in [0.25, 0.3) is 5.19 Å². The molecular formula is C24H32N4O3S. The van der Waals surface area contributed by atoms with E-state index in [-0.39, 0.29) is 24.7 Å². The molecule has 0 spiro atoms. The average molecular weight is 457 g/mol. The number of thiazole rings is 1. The summed E-state index contributed by atoms with van der Waals surface area (Å²) in [5, 5.41) is 8.55. The molecule has 1 aromatic carbocycles. The summed E-state index contributed by atoms with van der Waals surface area (Å²) in [4.78, 5) is 16.9. The molecule has 0 aliphatic heterocycles. The largest absolute Gasteiger partial charge is 0.432 e. The fourth-order valence-corrected chi connectivity index (χ4v) is 5.56. The van der Waals surface area contributed by atoms with E-state index in [1.54, 1.807) is 12.7 Å². The van der Waals surface area contributed by atoms with E-state index in [2.05, 4.69) is 45.7 Å². The molecule has 1 atom stereocenters. The molecule has 1 fully saturated rings. The summed E-state index contributed by atoms with van der Waals surface area (Å²) in [6.07, 6.45) is 12.2. The van der Waals surface area contributed by atoms with Crippen molar-refractivity contribution < 1.29 is 14.3 Å². The molecule has 172 valence electrons. The Morgan fingerprint density at radius 3 is 2.53 bits per heavy atom. The highest BCUT2D eigenvalue weighted by Crippen LogP contribution is 2.35. The van der Waals surface area contributed by atoms with Gasteiger partial charge in [0.15, 0.2) is 0 Å². The Morgan fingerprint density at radius 1 is 1.12 bits per heavy atom. The van der Waals surface area contributed by atoms with Crippen molar-refractivity contribution in [1.29, 1.82) is 0 Å². The van der Waals surface area contributed by atoms with Gasteiger partial charge in [-0.2, -0.15) is 0 Å². The maximum atomic E-state index is 12.3. The van der Waals surface area contributed by atoms with Gasteiger partial charge in [0.1, 0.15) is 12.7 Å². The normalized spacial score (nSPS) is 16.2. The molecule has 1 unspecified atom stereocenters. The SMILES string of the molecule is CCC(CC)C(c1ccc2nc(OCOC(=O)C3CCCCCC3)sc2c1)n1cnnc1. The number of benzene rings is 1. The first-order chi connectivity index (χ1) is 15.7. The molecule has 0 saturated heterocycles. The third-order valence-corrected chi connectivity index (χ3v) is 7.49. The third-order valence-electron chi connectivity index (χ3n) is 6.56. The fraction of sp³-hybridized carbons (Fsp3) is 0.583. The van der Waals surface area contributed by atoms with E-state index in [1.165, 1.54) is 29.7 Å². The van der Waals surface area contributed by atoms with Crippen LogP contribution in [0.5, 0.6) is 5.19 Å². The highest BCUT2D eigenvalue weighted by molar-refractivity contribution is 7.20. The van der Waals surface area contributed by atoms with Gasteiger partial charge in [-0.3, -0.25) is 4.79 Å². The molecule has 4 rings (SSSR count). The number of hydrogen-bond acceptors (Lipinski definition) is 7. The smallest absolute Gasteiger partial charge is 0.311 e. The number of hydrogen-bond donors (Lipinski definition) is 0. The molecule has 1 aliphatic rings. The van der Waals surface area contributed by atoms with Gasteiger partial charge >= 0.3 is 5.97 Å². The predicted molar refractivity (Wildman–Crippen MR) is 125 cm³/mol. The summed E-state index contributed by atoms with van der Waals surface area (Å²) >= 11 is 1.48. The van der Waals surface area contributed by atoms with Crippen LogP contribution in [0.3, 0.4) is 0 Å². The van der Waals surface area contributed by atoms with Gasteiger partial charge < -0.3 is 14.0 Å².